The van der Waals surface area contributed by atoms with Gasteiger partial charge in [-0.1, -0.05) is 0 Å². The van der Waals surface area contributed by atoms with Crippen LogP contribution in [0.5, 0.6) is 0 Å². The van der Waals surface area contributed by atoms with Gasteiger partial charge in [0.2, 0.25) is 0 Å². The van der Waals surface area contributed by atoms with E-state index in [-0.39, 0.29) is 11.3 Å². The molecule has 1 aliphatic rings. The molecule has 0 saturated carbocycles. The highest BCUT2D eigenvalue weighted by Crippen LogP contribution is 2.19. The first-order chi connectivity index (χ1) is 9.65. The SMILES string of the molecule is Cn1cc(CCn2c3c(ccc2=O)C(=O)CCC3)cn1. The van der Waals surface area contributed by atoms with Gasteiger partial charge in [0.1, 0.15) is 0 Å². The molecule has 5 nitrogen and oxygen atoms in total. The summed E-state index contributed by atoms with van der Waals surface area (Å²) >= 11 is 0. The van der Waals surface area contributed by atoms with Gasteiger partial charge >= 0.3 is 0 Å². The zero-order valence-corrected chi connectivity index (χ0v) is 11.5. The average molecular weight is 271 g/mol. The molecule has 3 rings (SSSR count). The van der Waals surface area contributed by atoms with Crippen LogP contribution in [0.2, 0.25) is 0 Å². The molecular weight excluding hydrogens is 254 g/mol. The molecule has 0 N–H and O–H groups in total. The van der Waals surface area contributed by atoms with Gasteiger partial charge in [0.15, 0.2) is 5.78 Å². The summed E-state index contributed by atoms with van der Waals surface area (Å²) in [6.45, 7) is 0.598. The summed E-state index contributed by atoms with van der Waals surface area (Å²) in [5.41, 5.74) is 2.70. The number of rotatable bonds is 3. The second-order valence-electron chi connectivity index (χ2n) is 5.23. The van der Waals surface area contributed by atoms with E-state index >= 15 is 0 Å². The van der Waals surface area contributed by atoms with Crippen LogP contribution in [0.15, 0.2) is 29.3 Å². The molecule has 0 bridgehead atoms. The molecule has 5 heteroatoms. The third-order valence-corrected chi connectivity index (χ3v) is 3.80. The Balaban J connectivity index is 1.91. The van der Waals surface area contributed by atoms with Crippen LogP contribution in [-0.2, 0) is 26.4 Å². The molecule has 104 valence electrons. The lowest BCUT2D eigenvalue weighted by molar-refractivity contribution is 0.0970. The number of aromatic nitrogens is 3. The Bertz CT molecular complexity index is 712. The highest BCUT2D eigenvalue weighted by Gasteiger charge is 2.20. The number of ketones is 1. The minimum atomic E-state index is -0.0256. The molecule has 2 aromatic heterocycles. The Morgan fingerprint density at radius 1 is 1.25 bits per heavy atom. The van der Waals surface area contributed by atoms with Crippen molar-refractivity contribution in [1.29, 1.82) is 0 Å². The lowest BCUT2D eigenvalue weighted by Crippen LogP contribution is -2.28. The Morgan fingerprint density at radius 3 is 2.85 bits per heavy atom. The molecule has 0 aromatic carbocycles. The lowest BCUT2D eigenvalue weighted by atomic mass is 9.94. The molecule has 0 unspecified atom stereocenters. The smallest absolute Gasteiger partial charge is 0.250 e. The number of aryl methyl sites for hydroxylation is 2. The number of Topliss-reactive ketones (excluding diaryl/α,β-unsaturated/α-hetero) is 1. The highest BCUT2D eigenvalue weighted by molar-refractivity contribution is 5.97. The van der Waals surface area contributed by atoms with Crippen LogP contribution < -0.4 is 5.56 Å². The normalized spacial score (nSPS) is 14.3. The van der Waals surface area contributed by atoms with Crippen molar-refractivity contribution in [2.75, 3.05) is 0 Å². The predicted molar refractivity (Wildman–Crippen MR) is 74.9 cm³/mol. The quantitative estimate of drug-likeness (QED) is 0.846. The molecule has 0 atom stereocenters. The van der Waals surface area contributed by atoms with Gasteiger partial charge in [-0.25, -0.2) is 0 Å². The Hall–Kier alpha value is -2.17. The lowest BCUT2D eigenvalue weighted by Gasteiger charge is -2.19. The number of nitrogens with zero attached hydrogens (tertiary/aromatic N) is 3. The van der Waals surface area contributed by atoms with E-state index in [4.69, 9.17) is 0 Å². The molecule has 2 aromatic rings. The van der Waals surface area contributed by atoms with Crippen LogP contribution in [0.1, 0.15) is 34.5 Å². The number of carbonyl (C=O) groups is 1. The molecule has 0 fully saturated rings. The van der Waals surface area contributed by atoms with Gasteiger partial charge in [-0.3, -0.25) is 14.3 Å². The van der Waals surface area contributed by atoms with Crippen LogP contribution in [0, 0.1) is 0 Å². The summed E-state index contributed by atoms with van der Waals surface area (Å²) in [4.78, 5) is 24.0. The molecule has 20 heavy (non-hydrogen) atoms. The zero-order valence-electron chi connectivity index (χ0n) is 11.5. The molecule has 2 heterocycles. The van der Waals surface area contributed by atoms with Gasteiger partial charge in [-0.2, -0.15) is 5.10 Å². The largest absolute Gasteiger partial charge is 0.312 e. The van der Waals surface area contributed by atoms with E-state index in [9.17, 15) is 9.59 Å². The summed E-state index contributed by atoms with van der Waals surface area (Å²) in [7, 11) is 1.87. The summed E-state index contributed by atoms with van der Waals surface area (Å²) < 4.78 is 3.50. The average Bonchev–Trinajstić information content (AvgIpc) is 2.84. The standard InChI is InChI=1S/C15H17N3O2/c1-17-10-11(9-16-17)7-8-18-13-3-2-4-14(19)12(13)5-6-15(18)20/h5-6,9-10H,2-4,7-8H2,1H3. The van der Waals surface area contributed by atoms with E-state index in [0.29, 0.717) is 13.0 Å². The van der Waals surface area contributed by atoms with Crippen molar-refractivity contribution in [3.8, 4) is 0 Å². The Kier molecular flexibility index (Phi) is 3.26. The molecule has 0 saturated heterocycles. The molecular formula is C15H17N3O2. The van der Waals surface area contributed by atoms with E-state index in [1.165, 1.54) is 6.07 Å². The van der Waals surface area contributed by atoms with Gasteiger partial charge in [0.25, 0.3) is 5.56 Å². The Morgan fingerprint density at radius 2 is 2.10 bits per heavy atom. The second-order valence-corrected chi connectivity index (χ2v) is 5.23. The van der Waals surface area contributed by atoms with E-state index in [1.54, 1.807) is 15.3 Å². The van der Waals surface area contributed by atoms with Crippen LogP contribution in [-0.4, -0.2) is 20.1 Å². The minimum absolute atomic E-state index is 0.0256. The van der Waals surface area contributed by atoms with Gasteiger partial charge in [0.05, 0.1) is 6.20 Å². The van der Waals surface area contributed by atoms with Crippen molar-refractivity contribution in [1.82, 2.24) is 14.3 Å². The number of hydrogen-bond acceptors (Lipinski definition) is 3. The number of pyridine rings is 1. The summed E-state index contributed by atoms with van der Waals surface area (Å²) in [6, 6.07) is 3.19. The molecule has 0 radical (unpaired) electrons. The fourth-order valence-electron chi connectivity index (χ4n) is 2.78. The van der Waals surface area contributed by atoms with Gasteiger partial charge in [-0.05, 0) is 30.9 Å². The van der Waals surface area contributed by atoms with Gasteiger partial charge < -0.3 is 4.57 Å². The second kappa shape index (κ2) is 5.07. The molecule has 0 spiro atoms. The van der Waals surface area contributed by atoms with Crippen molar-refractivity contribution < 1.29 is 4.79 Å². The molecule has 0 amide bonds. The van der Waals surface area contributed by atoms with E-state index in [2.05, 4.69) is 5.10 Å². The monoisotopic (exact) mass is 271 g/mol. The minimum Gasteiger partial charge on any atom is -0.312 e. The van der Waals surface area contributed by atoms with Crippen molar-refractivity contribution in [3.05, 3.63) is 51.7 Å². The summed E-state index contributed by atoms with van der Waals surface area (Å²) in [5, 5.41) is 4.13. The van der Waals surface area contributed by atoms with Crippen molar-refractivity contribution in [2.24, 2.45) is 7.05 Å². The zero-order chi connectivity index (χ0) is 14.1. The summed E-state index contributed by atoms with van der Waals surface area (Å²) in [5.74, 6) is 0.154. The summed E-state index contributed by atoms with van der Waals surface area (Å²) in [6.07, 6.45) is 6.75. The number of carbonyl (C=O) groups excluding carboxylic acids is 1. The topological polar surface area (TPSA) is 56.9 Å². The van der Waals surface area contributed by atoms with Crippen LogP contribution in [0.3, 0.4) is 0 Å². The fraction of sp³-hybridized carbons (Fsp3) is 0.400. The van der Waals surface area contributed by atoms with Crippen molar-refractivity contribution >= 4 is 5.78 Å². The third-order valence-electron chi connectivity index (χ3n) is 3.80. The first kappa shape index (κ1) is 12.8. The van der Waals surface area contributed by atoms with E-state index in [1.807, 2.05) is 19.4 Å². The van der Waals surface area contributed by atoms with E-state index in [0.717, 1.165) is 36.1 Å². The van der Waals surface area contributed by atoms with Gasteiger partial charge in [-0.15, -0.1) is 0 Å². The van der Waals surface area contributed by atoms with Crippen LogP contribution in [0.25, 0.3) is 0 Å². The van der Waals surface area contributed by atoms with E-state index < -0.39 is 0 Å². The number of hydrogen-bond donors (Lipinski definition) is 0. The van der Waals surface area contributed by atoms with Crippen LogP contribution in [0.4, 0.5) is 0 Å². The Labute approximate surface area is 116 Å². The maximum Gasteiger partial charge on any atom is 0.250 e. The van der Waals surface area contributed by atoms with Gasteiger partial charge in [0, 0.05) is 43.5 Å². The maximum absolute atomic E-state index is 12.1. The first-order valence-corrected chi connectivity index (χ1v) is 6.88. The van der Waals surface area contributed by atoms with Crippen molar-refractivity contribution in [3.63, 3.8) is 0 Å². The van der Waals surface area contributed by atoms with Crippen molar-refractivity contribution in [2.45, 2.75) is 32.2 Å². The fourth-order valence-corrected chi connectivity index (χ4v) is 2.78. The predicted octanol–water partition coefficient (Wildman–Crippen LogP) is 1.34. The number of fused-ring (bicyclic) bond motifs is 1. The maximum atomic E-state index is 12.1. The third kappa shape index (κ3) is 2.31. The molecule has 0 aliphatic heterocycles. The first-order valence-electron chi connectivity index (χ1n) is 6.88. The molecule has 1 aliphatic carbocycles. The highest BCUT2D eigenvalue weighted by atomic mass is 16.1. The van der Waals surface area contributed by atoms with Crippen LogP contribution >= 0.6 is 0 Å².